The van der Waals surface area contributed by atoms with Crippen molar-refractivity contribution in [2.75, 3.05) is 7.05 Å². The first-order valence-corrected chi connectivity index (χ1v) is 3.91. The van der Waals surface area contributed by atoms with Gasteiger partial charge in [-0.2, -0.15) is 0 Å². The minimum Gasteiger partial charge on any atom is -0.308 e. The van der Waals surface area contributed by atoms with Crippen LogP contribution in [-0.4, -0.2) is 18.4 Å². The van der Waals surface area contributed by atoms with E-state index in [1.165, 1.54) is 6.42 Å². The summed E-state index contributed by atoms with van der Waals surface area (Å²) in [5, 5.41) is 3.08. The minimum absolute atomic E-state index is 0. The molecule has 0 aliphatic heterocycles. The van der Waals surface area contributed by atoms with Crippen molar-refractivity contribution >= 4 is 18.2 Å². The lowest BCUT2D eigenvalue weighted by Crippen LogP contribution is -2.49. The average molecular weight is 178 g/mol. The fraction of sp³-hybridized carbons (Fsp3) is 0.875. The number of ketones is 1. The Kier molecular flexibility index (Phi) is 4.04. The van der Waals surface area contributed by atoms with Crippen molar-refractivity contribution in [3.63, 3.8) is 0 Å². The average Bonchev–Trinajstić information content (AvgIpc) is 1.96. The van der Waals surface area contributed by atoms with Crippen LogP contribution in [0.25, 0.3) is 0 Å². The smallest absolute Gasteiger partial charge is 0.152 e. The second-order valence-electron chi connectivity index (χ2n) is 3.21. The van der Waals surface area contributed by atoms with Crippen LogP contribution in [0.2, 0.25) is 0 Å². The number of carbonyl (C=O) groups excluding carboxylic acids is 1. The molecule has 0 aromatic heterocycles. The normalized spacial score (nSPS) is 31.3. The van der Waals surface area contributed by atoms with Gasteiger partial charge in [-0.25, -0.2) is 0 Å². The van der Waals surface area contributed by atoms with Gasteiger partial charge in [0, 0.05) is 6.42 Å². The first kappa shape index (κ1) is 10.9. The van der Waals surface area contributed by atoms with E-state index in [-0.39, 0.29) is 17.9 Å². The molecule has 0 heterocycles. The Balaban J connectivity index is 0.000001000. The molecule has 0 amide bonds. The lowest BCUT2D eigenvalue weighted by atomic mass is 9.82. The van der Waals surface area contributed by atoms with Crippen LogP contribution in [0, 0.1) is 0 Å². The Morgan fingerprint density at radius 1 is 1.45 bits per heavy atom. The number of rotatable bonds is 1. The molecule has 66 valence electrons. The van der Waals surface area contributed by atoms with Crippen LogP contribution in [0.4, 0.5) is 0 Å². The molecule has 0 aromatic rings. The fourth-order valence-corrected chi connectivity index (χ4v) is 1.44. The summed E-state index contributed by atoms with van der Waals surface area (Å²) in [4.78, 5) is 11.3. The van der Waals surface area contributed by atoms with Crippen LogP contribution in [0.15, 0.2) is 0 Å². The van der Waals surface area contributed by atoms with E-state index in [1.807, 2.05) is 14.0 Å². The summed E-state index contributed by atoms with van der Waals surface area (Å²) in [6.07, 6.45) is 4.03. The molecule has 1 atom stereocenters. The summed E-state index contributed by atoms with van der Waals surface area (Å²) in [6.45, 7) is 1.99. The lowest BCUT2D eigenvalue weighted by Gasteiger charge is -2.31. The van der Waals surface area contributed by atoms with Gasteiger partial charge in [0.05, 0.1) is 5.54 Å². The largest absolute Gasteiger partial charge is 0.308 e. The van der Waals surface area contributed by atoms with Gasteiger partial charge in [-0.1, -0.05) is 6.42 Å². The maximum Gasteiger partial charge on any atom is 0.152 e. The lowest BCUT2D eigenvalue weighted by molar-refractivity contribution is -0.126. The van der Waals surface area contributed by atoms with Gasteiger partial charge in [-0.3, -0.25) is 4.79 Å². The van der Waals surface area contributed by atoms with Crippen molar-refractivity contribution in [1.82, 2.24) is 5.32 Å². The Labute approximate surface area is 74.2 Å². The third-order valence-corrected chi connectivity index (χ3v) is 2.50. The minimum atomic E-state index is -0.210. The van der Waals surface area contributed by atoms with E-state index >= 15 is 0 Å². The molecular weight excluding hydrogens is 162 g/mol. The predicted molar refractivity (Wildman–Crippen MR) is 48.2 cm³/mol. The highest BCUT2D eigenvalue weighted by Gasteiger charge is 2.32. The van der Waals surface area contributed by atoms with E-state index in [2.05, 4.69) is 5.32 Å². The van der Waals surface area contributed by atoms with Gasteiger partial charge in [0.1, 0.15) is 0 Å². The third kappa shape index (κ3) is 2.17. The number of Topliss-reactive ketones (excluding diaryl/α,β-unsaturated/α-hetero) is 1. The van der Waals surface area contributed by atoms with Gasteiger partial charge in [0.15, 0.2) is 5.78 Å². The zero-order valence-corrected chi connectivity index (χ0v) is 7.96. The van der Waals surface area contributed by atoms with E-state index < -0.39 is 0 Å². The van der Waals surface area contributed by atoms with E-state index in [0.717, 1.165) is 19.3 Å². The molecule has 1 aliphatic rings. The summed E-state index contributed by atoms with van der Waals surface area (Å²) in [5.41, 5.74) is -0.210. The number of hydrogen-bond donors (Lipinski definition) is 1. The van der Waals surface area contributed by atoms with E-state index in [9.17, 15) is 4.79 Å². The summed E-state index contributed by atoms with van der Waals surface area (Å²) in [6, 6.07) is 0. The molecule has 1 fully saturated rings. The molecule has 1 N–H and O–H groups in total. The summed E-state index contributed by atoms with van der Waals surface area (Å²) < 4.78 is 0. The second-order valence-corrected chi connectivity index (χ2v) is 3.21. The molecule has 2 nitrogen and oxygen atoms in total. The molecule has 1 aliphatic carbocycles. The third-order valence-electron chi connectivity index (χ3n) is 2.50. The van der Waals surface area contributed by atoms with Crippen molar-refractivity contribution in [1.29, 1.82) is 0 Å². The highest BCUT2D eigenvalue weighted by molar-refractivity contribution is 5.88. The predicted octanol–water partition coefficient (Wildman–Crippen LogP) is 1.53. The van der Waals surface area contributed by atoms with Gasteiger partial charge < -0.3 is 5.32 Å². The molecule has 0 spiro atoms. The van der Waals surface area contributed by atoms with Crippen molar-refractivity contribution < 1.29 is 4.79 Å². The zero-order valence-electron chi connectivity index (χ0n) is 7.14. The number of carbonyl (C=O) groups is 1. The molecule has 1 unspecified atom stereocenters. The number of hydrogen-bond acceptors (Lipinski definition) is 2. The topological polar surface area (TPSA) is 29.1 Å². The van der Waals surface area contributed by atoms with E-state index in [1.54, 1.807) is 0 Å². The molecule has 0 radical (unpaired) electrons. The molecule has 1 rings (SSSR count). The first-order chi connectivity index (χ1) is 4.69. The standard InChI is InChI=1S/C8H15NO.ClH/c1-8(9-2)6-4-3-5-7(8)10;/h9H,3-6H2,1-2H3;1H. The first-order valence-electron chi connectivity index (χ1n) is 3.91. The van der Waals surface area contributed by atoms with Crippen LogP contribution >= 0.6 is 12.4 Å². The van der Waals surface area contributed by atoms with E-state index in [4.69, 9.17) is 0 Å². The van der Waals surface area contributed by atoms with Crippen molar-refractivity contribution in [3.8, 4) is 0 Å². The van der Waals surface area contributed by atoms with Crippen molar-refractivity contribution in [2.24, 2.45) is 0 Å². The highest BCUT2D eigenvalue weighted by atomic mass is 35.5. The second kappa shape index (κ2) is 4.07. The van der Waals surface area contributed by atoms with Gasteiger partial charge in [0.2, 0.25) is 0 Å². The van der Waals surface area contributed by atoms with Crippen LogP contribution in [-0.2, 0) is 4.79 Å². The monoisotopic (exact) mass is 177 g/mol. The molecule has 0 aromatic carbocycles. The number of halogens is 1. The quantitative estimate of drug-likeness (QED) is 0.658. The molecule has 0 saturated heterocycles. The van der Waals surface area contributed by atoms with Crippen LogP contribution in [0.5, 0.6) is 0 Å². The molecule has 1 saturated carbocycles. The van der Waals surface area contributed by atoms with Gasteiger partial charge >= 0.3 is 0 Å². The van der Waals surface area contributed by atoms with Gasteiger partial charge in [0.25, 0.3) is 0 Å². The highest BCUT2D eigenvalue weighted by Crippen LogP contribution is 2.23. The Morgan fingerprint density at radius 3 is 2.45 bits per heavy atom. The summed E-state index contributed by atoms with van der Waals surface area (Å²) in [7, 11) is 1.86. The van der Waals surface area contributed by atoms with E-state index in [0.29, 0.717) is 5.78 Å². The Hall–Kier alpha value is -0.0800. The number of likely N-dealkylation sites (N-methyl/N-ethyl adjacent to an activating group) is 1. The van der Waals surface area contributed by atoms with Crippen LogP contribution in [0.3, 0.4) is 0 Å². The van der Waals surface area contributed by atoms with Crippen molar-refractivity contribution in [3.05, 3.63) is 0 Å². The maximum atomic E-state index is 11.3. The summed E-state index contributed by atoms with van der Waals surface area (Å²) >= 11 is 0. The van der Waals surface area contributed by atoms with Gasteiger partial charge in [-0.15, -0.1) is 12.4 Å². The zero-order chi connectivity index (χ0) is 7.61. The molecule has 3 heteroatoms. The Bertz CT molecular complexity index is 149. The summed E-state index contributed by atoms with van der Waals surface area (Å²) in [5.74, 6) is 0.376. The Morgan fingerprint density at radius 2 is 2.09 bits per heavy atom. The molecular formula is C8H16ClNO. The van der Waals surface area contributed by atoms with Gasteiger partial charge in [-0.05, 0) is 26.8 Å². The van der Waals surface area contributed by atoms with Crippen LogP contribution in [0.1, 0.15) is 32.6 Å². The molecule has 11 heavy (non-hydrogen) atoms. The number of nitrogens with one attached hydrogen (secondary N) is 1. The SMILES string of the molecule is CNC1(C)CCCCC1=O.Cl. The maximum absolute atomic E-state index is 11.3. The van der Waals surface area contributed by atoms with Crippen molar-refractivity contribution in [2.45, 2.75) is 38.1 Å². The molecule has 0 bridgehead atoms. The fourth-order valence-electron chi connectivity index (χ4n) is 1.44. The van der Waals surface area contributed by atoms with Crippen LogP contribution < -0.4 is 5.32 Å².